The van der Waals surface area contributed by atoms with Crippen LogP contribution in [-0.4, -0.2) is 15.4 Å². The van der Waals surface area contributed by atoms with E-state index >= 15 is 0 Å². The number of carbonyl (C=O) groups is 1. The summed E-state index contributed by atoms with van der Waals surface area (Å²) in [5, 5.41) is 8.19. The van der Waals surface area contributed by atoms with Gasteiger partial charge in [0, 0.05) is 39.7 Å². The van der Waals surface area contributed by atoms with Gasteiger partial charge in [-0.05, 0) is 36.8 Å². The van der Waals surface area contributed by atoms with Gasteiger partial charge in [0.1, 0.15) is 0 Å². The third kappa shape index (κ3) is 3.42. The number of anilines is 2. The molecule has 0 saturated carbocycles. The summed E-state index contributed by atoms with van der Waals surface area (Å²) in [4.78, 5) is 17.7. The van der Waals surface area contributed by atoms with E-state index in [0.717, 1.165) is 21.8 Å². The van der Waals surface area contributed by atoms with Crippen molar-refractivity contribution in [2.75, 3.05) is 10.6 Å². The summed E-state index contributed by atoms with van der Waals surface area (Å²) in [5.74, 6) is 0. The van der Waals surface area contributed by atoms with Crippen molar-refractivity contribution >= 4 is 45.3 Å². The Balaban J connectivity index is 1.44. The summed E-state index contributed by atoms with van der Waals surface area (Å²) in [7, 11) is 0. The highest BCUT2D eigenvalue weighted by atomic mass is 35.5. The highest BCUT2D eigenvalue weighted by molar-refractivity contribution is 7.15. The molecule has 130 valence electrons. The van der Waals surface area contributed by atoms with Crippen LogP contribution in [0, 0.1) is 6.92 Å². The Labute approximate surface area is 159 Å². The molecule has 0 fully saturated rings. The molecule has 2 aromatic carbocycles. The van der Waals surface area contributed by atoms with Gasteiger partial charge in [-0.3, -0.25) is 4.40 Å². The molecule has 0 aliphatic heterocycles. The van der Waals surface area contributed by atoms with Crippen molar-refractivity contribution in [1.29, 1.82) is 0 Å². The maximum absolute atomic E-state index is 12.1. The number of thiazole rings is 1. The number of hydrogen-bond acceptors (Lipinski definition) is 3. The minimum Gasteiger partial charge on any atom is -0.308 e. The summed E-state index contributed by atoms with van der Waals surface area (Å²) in [6.07, 6.45) is 3.97. The van der Waals surface area contributed by atoms with Crippen molar-refractivity contribution in [3.63, 3.8) is 0 Å². The fourth-order valence-electron chi connectivity index (χ4n) is 2.55. The number of amides is 2. The Morgan fingerprint density at radius 3 is 2.58 bits per heavy atom. The molecule has 0 atom stereocenters. The zero-order chi connectivity index (χ0) is 18.1. The summed E-state index contributed by atoms with van der Waals surface area (Å²) in [5.41, 5.74) is 4.21. The summed E-state index contributed by atoms with van der Waals surface area (Å²) in [6.45, 7) is 1.91. The highest BCUT2D eigenvalue weighted by Gasteiger charge is 2.07. The van der Waals surface area contributed by atoms with Crippen molar-refractivity contribution in [1.82, 2.24) is 9.38 Å². The van der Waals surface area contributed by atoms with E-state index in [1.807, 2.05) is 65.5 Å². The smallest absolute Gasteiger partial charge is 0.308 e. The van der Waals surface area contributed by atoms with Crippen LogP contribution in [0.25, 0.3) is 16.2 Å². The number of nitrogens with one attached hydrogen (secondary N) is 2. The average molecular weight is 383 g/mol. The first kappa shape index (κ1) is 16.6. The maximum atomic E-state index is 12.1. The van der Waals surface area contributed by atoms with Crippen LogP contribution in [0.2, 0.25) is 5.02 Å². The molecule has 4 aromatic rings. The van der Waals surface area contributed by atoms with Crippen molar-refractivity contribution in [2.45, 2.75) is 6.92 Å². The summed E-state index contributed by atoms with van der Waals surface area (Å²) in [6, 6.07) is 12.7. The molecule has 2 amide bonds. The SMILES string of the molecule is Cc1ccc(NC(=O)Nc2ccc(-c3cn4ccsc4n3)cc2)cc1Cl. The van der Waals surface area contributed by atoms with Crippen LogP contribution in [-0.2, 0) is 0 Å². The number of imidazole rings is 1. The highest BCUT2D eigenvalue weighted by Crippen LogP contribution is 2.23. The van der Waals surface area contributed by atoms with Crippen molar-refractivity contribution < 1.29 is 4.79 Å². The molecule has 0 radical (unpaired) electrons. The van der Waals surface area contributed by atoms with Gasteiger partial charge in [-0.15, -0.1) is 11.3 Å². The Morgan fingerprint density at radius 2 is 1.85 bits per heavy atom. The first-order chi connectivity index (χ1) is 12.6. The zero-order valence-electron chi connectivity index (χ0n) is 13.9. The quantitative estimate of drug-likeness (QED) is 0.479. The van der Waals surface area contributed by atoms with E-state index in [1.54, 1.807) is 17.4 Å². The van der Waals surface area contributed by atoms with Crippen molar-refractivity contribution in [2.24, 2.45) is 0 Å². The molecule has 0 aliphatic rings. The molecule has 26 heavy (non-hydrogen) atoms. The topological polar surface area (TPSA) is 58.4 Å². The standard InChI is InChI=1S/C19H15ClN4OS/c1-12-2-5-15(10-16(12)20)22-18(25)21-14-6-3-13(4-7-14)17-11-24-8-9-26-19(24)23-17/h2-11H,1H3,(H2,21,22,25). The predicted octanol–water partition coefficient (Wildman–Crippen LogP) is 5.67. The Bertz CT molecular complexity index is 1060. The molecular formula is C19H15ClN4OS. The monoisotopic (exact) mass is 382 g/mol. The molecule has 0 aliphatic carbocycles. The third-order valence-corrected chi connectivity index (χ3v) is 5.14. The lowest BCUT2D eigenvalue weighted by molar-refractivity contribution is 0.262. The molecule has 0 spiro atoms. The van der Waals surface area contributed by atoms with E-state index < -0.39 is 0 Å². The van der Waals surface area contributed by atoms with E-state index in [9.17, 15) is 4.79 Å². The predicted molar refractivity (Wildman–Crippen MR) is 107 cm³/mol. The molecule has 4 rings (SSSR count). The second-order valence-electron chi connectivity index (χ2n) is 5.84. The van der Waals surface area contributed by atoms with E-state index in [1.165, 1.54) is 0 Å². The molecule has 0 unspecified atom stereocenters. The average Bonchev–Trinajstić information content (AvgIpc) is 3.21. The third-order valence-electron chi connectivity index (χ3n) is 3.96. The van der Waals surface area contributed by atoms with Crippen molar-refractivity contribution in [3.05, 3.63) is 70.8 Å². The second-order valence-corrected chi connectivity index (χ2v) is 7.12. The van der Waals surface area contributed by atoms with Gasteiger partial charge in [-0.2, -0.15) is 0 Å². The number of fused-ring (bicyclic) bond motifs is 1. The van der Waals surface area contributed by atoms with Gasteiger partial charge in [-0.25, -0.2) is 9.78 Å². The van der Waals surface area contributed by atoms with Crippen LogP contribution >= 0.6 is 22.9 Å². The van der Waals surface area contributed by atoms with Crippen molar-refractivity contribution in [3.8, 4) is 11.3 Å². The summed E-state index contributed by atoms with van der Waals surface area (Å²) >= 11 is 7.67. The second kappa shape index (κ2) is 6.82. The van der Waals surface area contributed by atoms with Gasteiger partial charge < -0.3 is 10.6 Å². The number of halogens is 1. The summed E-state index contributed by atoms with van der Waals surface area (Å²) < 4.78 is 1.99. The molecule has 2 N–H and O–H groups in total. The number of hydrogen-bond donors (Lipinski definition) is 2. The zero-order valence-corrected chi connectivity index (χ0v) is 15.4. The number of benzene rings is 2. The molecule has 2 aromatic heterocycles. The lowest BCUT2D eigenvalue weighted by Gasteiger charge is -2.09. The van der Waals surface area contributed by atoms with Crippen LogP contribution in [0.15, 0.2) is 60.2 Å². The van der Waals surface area contributed by atoms with Crippen LogP contribution < -0.4 is 10.6 Å². The number of rotatable bonds is 3. The molecule has 7 heteroatoms. The van der Waals surface area contributed by atoms with Crippen LogP contribution in [0.3, 0.4) is 0 Å². The van der Waals surface area contributed by atoms with Gasteiger partial charge in [0.15, 0.2) is 4.96 Å². The largest absolute Gasteiger partial charge is 0.323 e. The van der Waals surface area contributed by atoms with Gasteiger partial charge >= 0.3 is 6.03 Å². The molecule has 2 heterocycles. The minimum absolute atomic E-state index is 0.319. The number of urea groups is 1. The fourth-order valence-corrected chi connectivity index (χ4v) is 3.44. The Hall–Kier alpha value is -2.83. The lowest BCUT2D eigenvalue weighted by Crippen LogP contribution is -2.19. The maximum Gasteiger partial charge on any atom is 0.323 e. The number of aryl methyl sites for hydroxylation is 1. The van der Waals surface area contributed by atoms with E-state index in [2.05, 4.69) is 15.6 Å². The van der Waals surface area contributed by atoms with Gasteiger partial charge in [-0.1, -0.05) is 29.8 Å². The fraction of sp³-hybridized carbons (Fsp3) is 0.0526. The van der Waals surface area contributed by atoms with Crippen LogP contribution in [0.5, 0.6) is 0 Å². The van der Waals surface area contributed by atoms with Crippen LogP contribution in [0.4, 0.5) is 16.2 Å². The minimum atomic E-state index is -0.319. The van der Waals surface area contributed by atoms with E-state index in [4.69, 9.17) is 11.6 Å². The van der Waals surface area contributed by atoms with Crippen LogP contribution in [0.1, 0.15) is 5.56 Å². The Morgan fingerprint density at radius 1 is 1.12 bits per heavy atom. The van der Waals surface area contributed by atoms with Gasteiger partial charge in [0.05, 0.1) is 5.69 Å². The number of aromatic nitrogens is 2. The lowest BCUT2D eigenvalue weighted by atomic mass is 10.1. The molecule has 5 nitrogen and oxygen atoms in total. The molecule has 0 bridgehead atoms. The van der Waals surface area contributed by atoms with E-state index in [0.29, 0.717) is 16.4 Å². The molecule has 0 saturated heterocycles. The van der Waals surface area contributed by atoms with Gasteiger partial charge in [0.25, 0.3) is 0 Å². The first-order valence-corrected chi connectivity index (χ1v) is 9.21. The molecular weight excluding hydrogens is 368 g/mol. The Kier molecular flexibility index (Phi) is 4.36. The van der Waals surface area contributed by atoms with Gasteiger partial charge in [0.2, 0.25) is 0 Å². The normalized spacial score (nSPS) is 10.8. The number of carbonyl (C=O) groups excluding carboxylic acids is 1. The first-order valence-electron chi connectivity index (χ1n) is 7.95. The number of nitrogens with zero attached hydrogens (tertiary/aromatic N) is 2. The van der Waals surface area contributed by atoms with E-state index in [-0.39, 0.29) is 6.03 Å².